The molecule has 4 heteroatoms. The van der Waals surface area contributed by atoms with E-state index in [-0.39, 0.29) is 5.54 Å². The second-order valence-corrected chi connectivity index (χ2v) is 8.65. The molecule has 0 saturated heterocycles. The summed E-state index contributed by atoms with van der Waals surface area (Å²) >= 11 is 10.0. The minimum absolute atomic E-state index is 0.150. The van der Waals surface area contributed by atoms with E-state index in [9.17, 15) is 0 Å². The first kappa shape index (κ1) is 18.5. The average molecular weight is 420 g/mol. The summed E-state index contributed by atoms with van der Waals surface area (Å²) < 4.78 is 1.05. The first-order chi connectivity index (χ1) is 11.8. The highest BCUT2D eigenvalue weighted by Crippen LogP contribution is 2.44. The predicted octanol–water partition coefficient (Wildman–Crippen LogP) is 6.97. The molecule has 1 unspecified atom stereocenters. The van der Waals surface area contributed by atoms with Crippen molar-refractivity contribution in [2.45, 2.75) is 45.6 Å². The Morgan fingerprint density at radius 3 is 2.60 bits per heavy atom. The first-order valence-electron chi connectivity index (χ1n) is 8.72. The van der Waals surface area contributed by atoms with E-state index >= 15 is 0 Å². The zero-order valence-corrected chi connectivity index (χ0v) is 17.5. The zero-order chi connectivity index (χ0) is 18.2. The van der Waals surface area contributed by atoms with Gasteiger partial charge in [0.05, 0.1) is 10.7 Å². The molecule has 1 aliphatic rings. The lowest BCUT2D eigenvalue weighted by Crippen LogP contribution is -2.48. The minimum atomic E-state index is 0.150. The summed E-state index contributed by atoms with van der Waals surface area (Å²) in [6, 6.07) is 12.3. The van der Waals surface area contributed by atoms with Crippen LogP contribution in [-0.2, 0) is 0 Å². The van der Waals surface area contributed by atoms with Gasteiger partial charge < -0.3 is 4.90 Å². The fraction of sp³-hybridized carbons (Fsp3) is 0.381. The highest BCUT2D eigenvalue weighted by Gasteiger charge is 2.35. The van der Waals surface area contributed by atoms with Crippen LogP contribution in [0.5, 0.6) is 0 Å². The lowest BCUT2D eigenvalue weighted by molar-refractivity contribution is 0.381. The Labute approximate surface area is 164 Å². The number of aliphatic imine (C=N–C) groups is 1. The van der Waals surface area contributed by atoms with Crippen LogP contribution in [0.25, 0.3) is 0 Å². The molecule has 0 aromatic heterocycles. The van der Waals surface area contributed by atoms with Gasteiger partial charge in [-0.1, -0.05) is 34.5 Å². The second kappa shape index (κ2) is 7.13. The van der Waals surface area contributed by atoms with Gasteiger partial charge in [-0.25, -0.2) is 0 Å². The molecule has 1 heterocycles. The lowest BCUT2D eigenvalue weighted by atomic mass is 9.79. The first-order valence-corrected chi connectivity index (χ1v) is 9.89. The van der Waals surface area contributed by atoms with E-state index in [0.717, 1.165) is 33.7 Å². The Morgan fingerprint density at radius 2 is 1.96 bits per heavy atom. The van der Waals surface area contributed by atoms with Crippen molar-refractivity contribution < 1.29 is 0 Å². The molecule has 2 aromatic carbocycles. The van der Waals surface area contributed by atoms with Crippen LogP contribution >= 0.6 is 27.5 Å². The molecular weight excluding hydrogens is 396 g/mol. The van der Waals surface area contributed by atoms with Crippen molar-refractivity contribution in [3.8, 4) is 0 Å². The van der Waals surface area contributed by atoms with Crippen LogP contribution in [0.15, 0.2) is 45.9 Å². The number of hydrogen-bond donors (Lipinski definition) is 0. The normalized spacial score (nSPS) is 19.3. The summed E-state index contributed by atoms with van der Waals surface area (Å²) in [6.45, 7) is 10.1. The van der Waals surface area contributed by atoms with Gasteiger partial charge in [0.1, 0.15) is 0 Å². The SMILES string of the molecule is CCN1c2cc(Cl)c(C=Nc3ccc(Br)cc3)cc2C(C)CC1(C)C. The molecular formula is C21H24BrClN2. The number of fused-ring (bicyclic) bond motifs is 1. The molecule has 0 radical (unpaired) electrons. The molecule has 0 saturated carbocycles. The van der Waals surface area contributed by atoms with Gasteiger partial charge in [0.2, 0.25) is 0 Å². The largest absolute Gasteiger partial charge is 0.366 e. The summed E-state index contributed by atoms with van der Waals surface area (Å²) in [5.74, 6) is 0.505. The number of benzene rings is 2. The fourth-order valence-electron chi connectivity index (χ4n) is 3.89. The van der Waals surface area contributed by atoms with Gasteiger partial charge in [-0.15, -0.1) is 0 Å². The number of nitrogens with zero attached hydrogens (tertiary/aromatic N) is 2. The molecule has 0 fully saturated rings. The van der Waals surface area contributed by atoms with Gasteiger partial charge in [0.25, 0.3) is 0 Å². The van der Waals surface area contributed by atoms with Crippen molar-refractivity contribution in [3.63, 3.8) is 0 Å². The molecule has 0 aliphatic carbocycles. The van der Waals surface area contributed by atoms with Gasteiger partial charge in [-0.2, -0.15) is 0 Å². The molecule has 1 aliphatic heterocycles. The summed E-state index contributed by atoms with van der Waals surface area (Å²) in [5.41, 5.74) is 4.67. The summed E-state index contributed by atoms with van der Waals surface area (Å²) in [6.07, 6.45) is 3.01. The van der Waals surface area contributed by atoms with Gasteiger partial charge in [-0.05, 0) is 75.1 Å². The van der Waals surface area contributed by atoms with E-state index in [1.807, 2.05) is 30.5 Å². The zero-order valence-electron chi connectivity index (χ0n) is 15.2. The van der Waals surface area contributed by atoms with Crippen LogP contribution in [0, 0.1) is 0 Å². The van der Waals surface area contributed by atoms with Crippen LogP contribution in [-0.4, -0.2) is 18.3 Å². The molecule has 0 spiro atoms. The molecule has 0 bridgehead atoms. The smallest absolute Gasteiger partial charge is 0.0630 e. The molecule has 2 aromatic rings. The maximum Gasteiger partial charge on any atom is 0.0630 e. The maximum absolute atomic E-state index is 6.59. The molecule has 25 heavy (non-hydrogen) atoms. The molecule has 1 atom stereocenters. The Bertz CT molecular complexity index is 796. The van der Waals surface area contributed by atoms with Gasteiger partial charge >= 0.3 is 0 Å². The molecule has 3 rings (SSSR count). The van der Waals surface area contributed by atoms with Crippen molar-refractivity contribution in [3.05, 3.63) is 57.0 Å². The van der Waals surface area contributed by atoms with E-state index < -0.39 is 0 Å². The van der Waals surface area contributed by atoms with E-state index in [0.29, 0.717) is 5.92 Å². The molecule has 0 N–H and O–H groups in total. The lowest BCUT2D eigenvalue weighted by Gasteiger charge is -2.47. The number of rotatable bonds is 3. The van der Waals surface area contributed by atoms with Gasteiger partial charge in [0.15, 0.2) is 0 Å². The Morgan fingerprint density at radius 1 is 1.28 bits per heavy atom. The van der Waals surface area contributed by atoms with Crippen molar-refractivity contribution in [2.75, 3.05) is 11.4 Å². The Hall–Kier alpha value is -1.32. The molecule has 132 valence electrons. The van der Waals surface area contributed by atoms with Gasteiger partial charge in [-0.3, -0.25) is 4.99 Å². The summed E-state index contributed by atoms with van der Waals surface area (Å²) in [7, 11) is 0. The minimum Gasteiger partial charge on any atom is -0.366 e. The highest BCUT2D eigenvalue weighted by molar-refractivity contribution is 9.10. The third-order valence-electron chi connectivity index (χ3n) is 5.00. The third-order valence-corrected chi connectivity index (χ3v) is 5.86. The Kier molecular flexibility index (Phi) is 5.26. The van der Waals surface area contributed by atoms with Crippen LogP contribution in [0.3, 0.4) is 0 Å². The molecule has 2 nitrogen and oxygen atoms in total. The van der Waals surface area contributed by atoms with Crippen molar-refractivity contribution in [1.29, 1.82) is 0 Å². The topological polar surface area (TPSA) is 15.6 Å². The number of halogens is 2. The quantitative estimate of drug-likeness (QED) is 0.491. The second-order valence-electron chi connectivity index (χ2n) is 7.33. The maximum atomic E-state index is 6.59. The average Bonchev–Trinajstić information content (AvgIpc) is 2.54. The van der Waals surface area contributed by atoms with Crippen LogP contribution in [0.1, 0.15) is 51.2 Å². The van der Waals surface area contributed by atoms with E-state index in [1.165, 1.54) is 11.3 Å². The number of hydrogen-bond acceptors (Lipinski definition) is 2. The van der Waals surface area contributed by atoms with Crippen LogP contribution in [0.4, 0.5) is 11.4 Å². The summed E-state index contributed by atoms with van der Waals surface area (Å²) in [4.78, 5) is 7.04. The van der Waals surface area contributed by atoms with E-state index in [4.69, 9.17) is 11.6 Å². The van der Waals surface area contributed by atoms with Crippen molar-refractivity contribution >= 4 is 45.1 Å². The predicted molar refractivity (Wildman–Crippen MR) is 113 cm³/mol. The Balaban J connectivity index is 1.99. The van der Waals surface area contributed by atoms with Gasteiger partial charge in [0, 0.05) is 34.0 Å². The van der Waals surface area contributed by atoms with Crippen LogP contribution < -0.4 is 4.90 Å². The highest BCUT2D eigenvalue weighted by atomic mass is 79.9. The third kappa shape index (κ3) is 3.78. The standard InChI is InChI=1S/C21H24BrClN2/c1-5-25-20-11-19(23)15(10-18(20)14(2)12-21(25,3)4)13-24-17-8-6-16(22)7-9-17/h6-11,13-14H,5,12H2,1-4H3. The molecule has 0 amide bonds. The van der Waals surface area contributed by atoms with E-state index in [2.05, 4.69) is 65.6 Å². The van der Waals surface area contributed by atoms with Crippen molar-refractivity contribution in [1.82, 2.24) is 0 Å². The fourth-order valence-corrected chi connectivity index (χ4v) is 4.36. The van der Waals surface area contributed by atoms with E-state index in [1.54, 1.807) is 0 Å². The number of anilines is 1. The van der Waals surface area contributed by atoms with Crippen LogP contribution in [0.2, 0.25) is 5.02 Å². The monoisotopic (exact) mass is 418 g/mol. The summed E-state index contributed by atoms with van der Waals surface area (Å²) in [5, 5.41) is 0.753. The van der Waals surface area contributed by atoms with Crippen molar-refractivity contribution in [2.24, 2.45) is 4.99 Å².